The summed E-state index contributed by atoms with van der Waals surface area (Å²) in [6.45, 7) is 9.98. The van der Waals surface area contributed by atoms with Gasteiger partial charge in [-0.1, -0.05) is 20.8 Å². The van der Waals surface area contributed by atoms with Crippen LogP contribution in [0.15, 0.2) is 0 Å². The second kappa shape index (κ2) is 6.41. The van der Waals surface area contributed by atoms with Gasteiger partial charge in [0.15, 0.2) is 0 Å². The molecule has 1 N–H and O–H groups in total. The highest BCUT2D eigenvalue weighted by Gasteiger charge is 2.20. The first-order valence-corrected chi connectivity index (χ1v) is 6.02. The van der Waals surface area contributed by atoms with Crippen LogP contribution < -0.4 is 5.32 Å². The fourth-order valence-corrected chi connectivity index (χ4v) is 1.91. The van der Waals surface area contributed by atoms with Gasteiger partial charge in [-0.2, -0.15) is 0 Å². The topological polar surface area (TPSA) is 21.3 Å². The molecule has 14 heavy (non-hydrogen) atoms. The molecule has 0 aromatic carbocycles. The van der Waals surface area contributed by atoms with Crippen LogP contribution in [0, 0.1) is 11.8 Å². The molecule has 1 rings (SSSR count). The molecule has 2 unspecified atom stereocenters. The molecule has 1 aliphatic rings. The molecule has 84 valence electrons. The lowest BCUT2D eigenvalue weighted by Crippen LogP contribution is -2.41. The first-order chi connectivity index (χ1) is 6.70. The van der Waals surface area contributed by atoms with E-state index in [-0.39, 0.29) is 0 Å². The summed E-state index contributed by atoms with van der Waals surface area (Å²) in [5, 5.41) is 3.39. The summed E-state index contributed by atoms with van der Waals surface area (Å²) in [5.74, 6) is 1.54. The van der Waals surface area contributed by atoms with E-state index in [9.17, 15) is 0 Å². The molecule has 0 amide bonds. The molecular formula is C12H25NO. The second-order valence-corrected chi connectivity index (χ2v) is 4.92. The molecule has 2 nitrogen and oxygen atoms in total. The Bertz CT molecular complexity index is 147. The number of piperidine rings is 1. The lowest BCUT2D eigenvalue weighted by Gasteiger charge is -2.29. The van der Waals surface area contributed by atoms with Crippen molar-refractivity contribution in [2.45, 2.75) is 46.1 Å². The fourth-order valence-electron chi connectivity index (χ4n) is 1.91. The summed E-state index contributed by atoms with van der Waals surface area (Å²) in [5.41, 5.74) is 0. The van der Waals surface area contributed by atoms with E-state index in [4.69, 9.17) is 4.74 Å². The van der Waals surface area contributed by atoms with Crippen molar-refractivity contribution in [2.24, 2.45) is 11.8 Å². The average molecular weight is 199 g/mol. The van der Waals surface area contributed by atoms with Gasteiger partial charge in [-0.25, -0.2) is 0 Å². The molecule has 0 aliphatic carbocycles. The molecule has 1 fully saturated rings. The van der Waals surface area contributed by atoms with Gasteiger partial charge in [0, 0.05) is 13.2 Å². The van der Waals surface area contributed by atoms with Crippen LogP contribution >= 0.6 is 0 Å². The molecule has 1 heterocycles. The standard InChI is InChI=1S/C12H25NO/c1-10(2)5-4-8-14-12-9-13-7-6-11(12)3/h10-13H,4-9H2,1-3H3. The summed E-state index contributed by atoms with van der Waals surface area (Å²) in [6.07, 6.45) is 4.21. The van der Waals surface area contributed by atoms with Gasteiger partial charge >= 0.3 is 0 Å². The predicted octanol–water partition coefficient (Wildman–Crippen LogP) is 2.44. The molecule has 0 radical (unpaired) electrons. The Labute approximate surface area is 88.4 Å². The molecule has 1 saturated heterocycles. The first kappa shape index (κ1) is 12.0. The van der Waals surface area contributed by atoms with Crippen molar-refractivity contribution in [3.05, 3.63) is 0 Å². The average Bonchev–Trinajstić information content (AvgIpc) is 2.15. The zero-order valence-electron chi connectivity index (χ0n) is 9.88. The molecule has 1 aliphatic heterocycles. The van der Waals surface area contributed by atoms with E-state index in [1.807, 2.05) is 0 Å². The molecule has 2 atom stereocenters. The quantitative estimate of drug-likeness (QED) is 0.687. The molecule has 0 saturated carbocycles. The summed E-state index contributed by atoms with van der Waals surface area (Å²) in [6, 6.07) is 0. The second-order valence-electron chi connectivity index (χ2n) is 4.92. The van der Waals surface area contributed by atoms with Crippen molar-refractivity contribution >= 4 is 0 Å². The molecule has 0 aromatic rings. The minimum absolute atomic E-state index is 0.455. The van der Waals surface area contributed by atoms with E-state index in [0.717, 1.165) is 31.5 Å². The highest BCUT2D eigenvalue weighted by molar-refractivity contribution is 4.75. The third kappa shape index (κ3) is 4.43. The van der Waals surface area contributed by atoms with Gasteiger partial charge in [0.2, 0.25) is 0 Å². The van der Waals surface area contributed by atoms with Crippen molar-refractivity contribution < 1.29 is 4.74 Å². The highest BCUT2D eigenvalue weighted by atomic mass is 16.5. The number of nitrogens with one attached hydrogen (secondary N) is 1. The smallest absolute Gasteiger partial charge is 0.0725 e. The Morgan fingerprint density at radius 2 is 2.21 bits per heavy atom. The summed E-state index contributed by atoms with van der Waals surface area (Å²) < 4.78 is 5.88. The largest absolute Gasteiger partial charge is 0.377 e. The van der Waals surface area contributed by atoms with Crippen LogP contribution in [-0.2, 0) is 4.74 Å². The van der Waals surface area contributed by atoms with Crippen molar-refractivity contribution in [2.75, 3.05) is 19.7 Å². The van der Waals surface area contributed by atoms with Crippen molar-refractivity contribution in [3.63, 3.8) is 0 Å². The Kier molecular flexibility index (Phi) is 5.49. The predicted molar refractivity (Wildman–Crippen MR) is 60.5 cm³/mol. The number of rotatable bonds is 5. The van der Waals surface area contributed by atoms with Gasteiger partial charge in [0.25, 0.3) is 0 Å². The van der Waals surface area contributed by atoms with Crippen LogP contribution in [0.3, 0.4) is 0 Å². The minimum atomic E-state index is 0.455. The molecular weight excluding hydrogens is 174 g/mol. The van der Waals surface area contributed by atoms with E-state index in [0.29, 0.717) is 6.10 Å². The third-order valence-electron chi connectivity index (χ3n) is 3.01. The number of hydrogen-bond acceptors (Lipinski definition) is 2. The Morgan fingerprint density at radius 1 is 1.43 bits per heavy atom. The lowest BCUT2D eigenvalue weighted by atomic mass is 9.97. The van der Waals surface area contributed by atoms with Crippen molar-refractivity contribution in [3.8, 4) is 0 Å². The van der Waals surface area contributed by atoms with E-state index in [1.54, 1.807) is 0 Å². The number of ether oxygens (including phenoxy) is 1. The third-order valence-corrected chi connectivity index (χ3v) is 3.01. The molecule has 2 heteroatoms. The van der Waals surface area contributed by atoms with E-state index < -0.39 is 0 Å². The van der Waals surface area contributed by atoms with Crippen LogP contribution in [0.25, 0.3) is 0 Å². The molecule has 0 bridgehead atoms. The Balaban J connectivity index is 2.04. The van der Waals surface area contributed by atoms with Crippen LogP contribution in [0.4, 0.5) is 0 Å². The molecule has 0 aromatic heterocycles. The summed E-state index contributed by atoms with van der Waals surface area (Å²) >= 11 is 0. The zero-order valence-corrected chi connectivity index (χ0v) is 9.88. The van der Waals surface area contributed by atoms with E-state index >= 15 is 0 Å². The Morgan fingerprint density at radius 3 is 2.86 bits per heavy atom. The molecule has 0 spiro atoms. The van der Waals surface area contributed by atoms with Gasteiger partial charge in [-0.05, 0) is 37.6 Å². The Hall–Kier alpha value is -0.0800. The summed E-state index contributed by atoms with van der Waals surface area (Å²) in [7, 11) is 0. The van der Waals surface area contributed by atoms with Gasteiger partial charge in [0.05, 0.1) is 6.10 Å². The monoisotopic (exact) mass is 199 g/mol. The van der Waals surface area contributed by atoms with Crippen LogP contribution in [0.2, 0.25) is 0 Å². The SMILES string of the molecule is CC(C)CCCOC1CNCCC1C. The van der Waals surface area contributed by atoms with Crippen LogP contribution in [0.5, 0.6) is 0 Å². The van der Waals surface area contributed by atoms with Gasteiger partial charge in [0.1, 0.15) is 0 Å². The van der Waals surface area contributed by atoms with Crippen molar-refractivity contribution in [1.82, 2.24) is 5.32 Å². The maximum Gasteiger partial charge on any atom is 0.0725 e. The fraction of sp³-hybridized carbons (Fsp3) is 1.00. The maximum absolute atomic E-state index is 5.88. The number of hydrogen-bond donors (Lipinski definition) is 1. The van der Waals surface area contributed by atoms with Gasteiger partial charge in [-0.3, -0.25) is 0 Å². The maximum atomic E-state index is 5.88. The van der Waals surface area contributed by atoms with Gasteiger partial charge in [-0.15, -0.1) is 0 Å². The highest BCUT2D eigenvalue weighted by Crippen LogP contribution is 2.15. The van der Waals surface area contributed by atoms with Crippen molar-refractivity contribution in [1.29, 1.82) is 0 Å². The normalized spacial score (nSPS) is 28.3. The van der Waals surface area contributed by atoms with E-state index in [2.05, 4.69) is 26.1 Å². The van der Waals surface area contributed by atoms with E-state index in [1.165, 1.54) is 19.3 Å². The van der Waals surface area contributed by atoms with Crippen LogP contribution in [-0.4, -0.2) is 25.8 Å². The van der Waals surface area contributed by atoms with Gasteiger partial charge < -0.3 is 10.1 Å². The minimum Gasteiger partial charge on any atom is -0.377 e. The summed E-state index contributed by atoms with van der Waals surface area (Å²) in [4.78, 5) is 0. The first-order valence-electron chi connectivity index (χ1n) is 6.02. The van der Waals surface area contributed by atoms with Crippen LogP contribution in [0.1, 0.15) is 40.0 Å². The zero-order chi connectivity index (χ0) is 10.4. The lowest BCUT2D eigenvalue weighted by molar-refractivity contribution is 0.00164.